The van der Waals surface area contributed by atoms with Crippen LogP contribution in [0.25, 0.3) is 0 Å². The number of nitrogens with two attached hydrogens (primary N) is 1. The van der Waals surface area contributed by atoms with Gasteiger partial charge in [0.2, 0.25) is 0 Å². The molecular weight excluding hydrogens is 190 g/mol. The predicted molar refractivity (Wildman–Crippen MR) is 62.5 cm³/mol. The van der Waals surface area contributed by atoms with Gasteiger partial charge < -0.3 is 10.5 Å². The van der Waals surface area contributed by atoms with Gasteiger partial charge in [-0.1, -0.05) is 27.2 Å². The van der Waals surface area contributed by atoms with Crippen LogP contribution in [0.15, 0.2) is 0 Å². The predicted octanol–water partition coefficient (Wildman–Crippen LogP) is 2.34. The average molecular weight is 215 g/mol. The van der Waals surface area contributed by atoms with E-state index in [0.29, 0.717) is 13.2 Å². The largest absolute Gasteiger partial charge is 0.466 e. The van der Waals surface area contributed by atoms with Gasteiger partial charge in [-0.2, -0.15) is 0 Å². The second-order valence-corrected chi connectivity index (χ2v) is 4.12. The summed E-state index contributed by atoms with van der Waals surface area (Å²) in [6.07, 6.45) is 2.84. The first kappa shape index (κ1) is 14.4. The van der Waals surface area contributed by atoms with Crippen molar-refractivity contribution in [1.29, 1.82) is 0 Å². The topological polar surface area (TPSA) is 52.3 Å². The summed E-state index contributed by atoms with van der Waals surface area (Å²) < 4.78 is 5.14. The Hall–Kier alpha value is -0.570. The van der Waals surface area contributed by atoms with Gasteiger partial charge >= 0.3 is 5.97 Å². The molecule has 15 heavy (non-hydrogen) atoms. The van der Waals surface area contributed by atoms with E-state index >= 15 is 0 Å². The van der Waals surface area contributed by atoms with Crippen molar-refractivity contribution in [3.05, 3.63) is 0 Å². The monoisotopic (exact) mass is 215 g/mol. The summed E-state index contributed by atoms with van der Waals surface area (Å²) in [5.74, 6) is 0.160. The number of hydrogen-bond donors (Lipinski definition) is 1. The maximum absolute atomic E-state index is 11.9. The molecule has 0 rings (SSSR count). The summed E-state index contributed by atoms with van der Waals surface area (Å²) in [5, 5.41) is 0. The lowest BCUT2D eigenvalue weighted by Gasteiger charge is -2.34. The summed E-state index contributed by atoms with van der Waals surface area (Å²) >= 11 is 0. The second-order valence-electron chi connectivity index (χ2n) is 4.12. The summed E-state index contributed by atoms with van der Waals surface area (Å²) in [4.78, 5) is 11.9. The SMILES string of the molecule is CCCC(C)C(CC)(CN)C(=O)OCC. The number of carbonyl (C=O) groups excluding carboxylic acids is 1. The smallest absolute Gasteiger partial charge is 0.313 e. The number of esters is 1. The Bertz CT molecular complexity index is 188. The Kier molecular flexibility index (Phi) is 6.57. The van der Waals surface area contributed by atoms with E-state index < -0.39 is 5.41 Å². The highest BCUT2D eigenvalue weighted by Gasteiger charge is 2.41. The molecule has 0 aliphatic heterocycles. The van der Waals surface area contributed by atoms with Gasteiger partial charge in [0.05, 0.1) is 12.0 Å². The van der Waals surface area contributed by atoms with Crippen LogP contribution >= 0.6 is 0 Å². The van der Waals surface area contributed by atoms with Crippen molar-refractivity contribution in [2.75, 3.05) is 13.2 Å². The van der Waals surface area contributed by atoms with Crippen molar-refractivity contribution in [3.63, 3.8) is 0 Å². The van der Waals surface area contributed by atoms with Gasteiger partial charge in [0, 0.05) is 6.54 Å². The Morgan fingerprint density at radius 3 is 2.33 bits per heavy atom. The number of ether oxygens (including phenoxy) is 1. The molecule has 3 nitrogen and oxygen atoms in total. The van der Waals surface area contributed by atoms with E-state index in [1.54, 1.807) is 0 Å². The molecule has 2 unspecified atom stereocenters. The van der Waals surface area contributed by atoms with Crippen LogP contribution in [0.2, 0.25) is 0 Å². The Morgan fingerprint density at radius 1 is 1.40 bits per heavy atom. The van der Waals surface area contributed by atoms with Crippen LogP contribution < -0.4 is 5.73 Å². The van der Waals surface area contributed by atoms with Crippen molar-refractivity contribution in [1.82, 2.24) is 0 Å². The molecule has 90 valence electrons. The Labute approximate surface area is 93.4 Å². The Morgan fingerprint density at radius 2 is 2.00 bits per heavy atom. The summed E-state index contributed by atoms with van der Waals surface area (Å²) in [6, 6.07) is 0. The molecule has 0 aromatic rings. The molecule has 0 radical (unpaired) electrons. The van der Waals surface area contributed by atoms with Crippen molar-refractivity contribution < 1.29 is 9.53 Å². The van der Waals surface area contributed by atoms with Crippen molar-refractivity contribution >= 4 is 5.97 Å². The van der Waals surface area contributed by atoms with E-state index in [-0.39, 0.29) is 11.9 Å². The first-order chi connectivity index (χ1) is 7.08. The molecule has 0 spiro atoms. The third kappa shape index (κ3) is 3.20. The third-order valence-corrected chi connectivity index (χ3v) is 3.34. The zero-order chi connectivity index (χ0) is 11.9. The molecule has 0 fully saturated rings. The summed E-state index contributed by atoms with van der Waals surface area (Å²) in [6.45, 7) is 8.87. The van der Waals surface area contributed by atoms with Crippen LogP contribution in [0.1, 0.15) is 47.0 Å². The average Bonchev–Trinajstić information content (AvgIpc) is 2.21. The van der Waals surface area contributed by atoms with Crippen LogP contribution in [-0.2, 0) is 9.53 Å². The first-order valence-corrected chi connectivity index (χ1v) is 5.96. The molecule has 0 amide bonds. The molecule has 2 N–H and O–H groups in total. The van der Waals surface area contributed by atoms with Gasteiger partial charge in [-0.3, -0.25) is 4.79 Å². The maximum atomic E-state index is 11.9. The van der Waals surface area contributed by atoms with E-state index in [4.69, 9.17) is 10.5 Å². The van der Waals surface area contributed by atoms with Gasteiger partial charge in [-0.25, -0.2) is 0 Å². The van der Waals surface area contributed by atoms with Crippen molar-refractivity contribution in [2.45, 2.75) is 47.0 Å². The van der Waals surface area contributed by atoms with E-state index in [0.717, 1.165) is 19.3 Å². The van der Waals surface area contributed by atoms with Crippen LogP contribution in [0.4, 0.5) is 0 Å². The highest BCUT2D eigenvalue weighted by atomic mass is 16.5. The number of hydrogen-bond acceptors (Lipinski definition) is 3. The lowest BCUT2D eigenvalue weighted by molar-refractivity contribution is -0.158. The van der Waals surface area contributed by atoms with Crippen molar-refractivity contribution in [2.24, 2.45) is 17.1 Å². The van der Waals surface area contributed by atoms with Crippen LogP contribution in [0.5, 0.6) is 0 Å². The van der Waals surface area contributed by atoms with E-state index in [1.165, 1.54) is 0 Å². The van der Waals surface area contributed by atoms with Crippen LogP contribution in [-0.4, -0.2) is 19.1 Å². The molecule has 0 aliphatic carbocycles. The normalized spacial score (nSPS) is 16.9. The minimum Gasteiger partial charge on any atom is -0.466 e. The molecule has 3 heteroatoms. The van der Waals surface area contributed by atoms with Crippen LogP contribution in [0, 0.1) is 11.3 Å². The minimum absolute atomic E-state index is 0.129. The highest BCUT2D eigenvalue weighted by Crippen LogP contribution is 2.35. The number of rotatable bonds is 7. The Balaban J connectivity index is 4.77. The fourth-order valence-electron chi connectivity index (χ4n) is 2.11. The quantitative estimate of drug-likeness (QED) is 0.663. The first-order valence-electron chi connectivity index (χ1n) is 5.96. The molecule has 0 aromatic heterocycles. The minimum atomic E-state index is -0.480. The molecule has 0 saturated carbocycles. The van der Waals surface area contributed by atoms with Gasteiger partial charge in [0.15, 0.2) is 0 Å². The van der Waals surface area contributed by atoms with Gasteiger partial charge in [0.1, 0.15) is 0 Å². The van der Waals surface area contributed by atoms with Crippen molar-refractivity contribution in [3.8, 4) is 0 Å². The van der Waals surface area contributed by atoms with Gasteiger partial charge in [-0.05, 0) is 25.7 Å². The molecule has 0 aliphatic rings. The second kappa shape index (κ2) is 6.83. The lowest BCUT2D eigenvalue weighted by Crippen LogP contribution is -2.44. The molecule has 0 aromatic carbocycles. The molecule has 0 heterocycles. The lowest BCUT2D eigenvalue weighted by atomic mass is 9.72. The highest BCUT2D eigenvalue weighted by molar-refractivity contribution is 5.77. The van der Waals surface area contributed by atoms with Crippen LogP contribution in [0.3, 0.4) is 0 Å². The zero-order valence-corrected chi connectivity index (χ0v) is 10.5. The standard InChI is InChI=1S/C12H25NO2/c1-5-8-10(4)12(6-2,9-13)11(14)15-7-3/h10H,5-9,13H2,1-4H3. The summed E-state index contributed by atoms with van der Waals surface area (Å²) in [5.41, 5.74) is 5.30. The molecule has 2 atom stereocenters. The fourth-order valence-corrected chi connectivity index (χ4v) is 2.11. The van der Waals surface area contributed by atoms with Gasteiger partial charge in [0.25, 0.3) is 0 Å². The van der Waals surface area contributed by atoms with Gasteiger partial charge in [-0.15, -0.1) is 0 Å². The maximum Gasteiger partial charge on any atom is 0.313 e. The third-order valence-electron chi connectivity index (χ3n) is 3.34. The molecule has 0 saturated heterocycles. The fraction of sp³-hybridized carbons (Fsp3) is 0.917. The van der Waals surface area contributed by atoms with E-state index in [9.17, 15) is 4.79 Å². The van der Waals surface area contributed by atoms with E-state index in [2.05, 4.69) is 13.8 Å². The van der Waals surface area contributed by atoms with E-state index in [1.807, 2.05) is 13.8 Å². The summed E-state index contributed by atoms with van der Waals surface area (Å²) in [7, 11) is 0. The number of carbonyl (C=O) groups is 1. The molecule has 0 bridgehead atoms. The molecular formula is C12H25NO2. The zero-order valence-electron chi connectivity index (χ0n) is 10.5.